The molecule has 2 rings (SSSR count). The minimum atomic E-state index is -4.47. The molecule has 0 bridgehead atoms. The van der Waals surface area contributed by atoms with Crippen molar-refractivity contribution in [3.05, 3.63) is 65.5 Å². The van der Waals surface area contributed by atoms with Crippen LogP contribution in [0, 0.1) is 5.92 Å². The van der Waals surface area contributed by atoms with Crippen molar-refractivity contribution in [2.24, 2.45) is 5.92 Å². The molecule has 1 aromatic heterocycles. The van der Waals surface area contributed by atoms with Gasteiger partial charge in [-0.15, -0.1) is 0 Å². The maximum atomic E-state index is 12.6. The van der Waals surface area contributed by atoms with E-state index in [4.69, 9.17) is 0 Å². The molecule has 0 fully saturated rings. The van der Waals surface area contributed by atoms with Crippen LogP contribution in [0.4, 0.5) is 13.2 Å². The topological polar surface area (TPSA) is 71.1 Å². The summed E-state index contributed by atoms with van der Waals surface area (Å²) in [7, 11) is 0. The zero-order chi connectivity index (χ0) is 20.7. The number of carbonyl (C=O) groups is 2. The lowest BCUT2D eigenvalue weighted by atomic mass is 10.0. The highest BCUT2D eigenvalue weighted by Gasteiger charge is 2.30. The van der Waals surface area contributed by atoms with Crippen LogP contribution in [0.5, 0.6) is 0 Å². The first-order chi connectivity index (χ1) is 13.2. The number of nitrogens with one attached hydrogen (secondary N) is 2. The summed E-state index contributed by atoms with van der Waals surface area (Å²) in [5.74, 6) is -0.837. The lowest BCUT2D eigenvalue weighted by Crippen LogP contribution is -2.47. The third kappa shape index (κ3) is 6.37. The van der Waals surface area contributed by atoms with E-state index < -0.39 is 23.7 Å². The maximum absolute atomic E-state index is 12.6. The Balaban J connectivity index is 2.03. The second-order valence-corrected chi connectivity index (χ2v) is 6.81. The number of carbonyl (C=O) groups excluding carboxylic acids is 2. The van der Waals surface area contributed by atoms with Gasteiger partial charge in [0.15, 0.2) is 0 Å². The number of hydrogen-bond acceptors (Lipinski definition) is 3. The summed E-state index contributed by atoms with van der Waals surface area (Å²) in [6.07, 6.45) is -0.831. The van der Waals surface area contributed by atoms with Crippen LogP contribution in [0.15, 0.2) is 48.8 Å². The molecule has 28 heavy (non-hydrogen) atoms. The van der Waals surface area contributed by atoms with E-state index in [1.165, 1.54) is 0 Å². The third-order valence-corrected chi connectivity index (χ3v) is 3.99. The minimum absolute atomic E-state index is 0.0572. The van der Waals surface area contributed by atoms with Gasteiger partial charge in [-0.05, 0) is 48.2 Å². The van der Waals surface area contributed by atoms with Gasteiger partial charge >= 0.3 is 6.18 Å². The summed E-state index contributed by atoms with van der Waals surface area (Å²) in [4.78, 5) is 28.9. The summed E-state index contributed by atoms with van der Waals surface area (Å²) < 4.78 is 37.9. The molecule has 1 atom stereocenters. The number of pyridine rings is 1. The van der Waals surface area contributed by atoms with Crippen LogP contribution in [0.2, 0.25) is 0 Å². The van der Waals surface area contributed by atoms with E-state index in [0.29, 0.717) is 6.42 Å². The van der Waals surface area contributed by atoms with Crippen molar-refractivity contribution in [3.63, 3.8) is 0 Å². The smallest absolute Gasteiger partial charge is 0.350 e. The molecular formula is C20H22F3N3O2. The summed E-state index contributed by atoms with van der Waals surface area (Å²) in [5, 5.41) is 5.36. The monoisotopic (exact) mass is 393 g/mol. The van der Waals surface area contributed by atoms with Crippen LogP contribution in [0.1, 0.15) is 41.8 Å². The molecule has 0 aliphatic heterocycles. The number of amides is 2. The number of alkyl halides is 3. The molecule has 2 amide bonds. The predicted molar refractivity (Wildman–Crippen MR) is 98.2 cm³/mol. The van der Waals surface area contributed by atoms with Gasteiger partial charge in [0.25, 0.3) is 5.91 Å². The Labute approximate surface area is 161 Å². The van der Waals surface area contributed by atoms with Crippen molar-refractivity contribution in [1.29, 1.82) is 0 Å². The SMILES string of the molecule is CC(C)C[C@H](NC(=O)c1ccc(C(F)(F)F)cc1)C(=O)NCc1cccnc1. The molecular weight excluding hydrogens is 371 g/mol. The largest absolute Gasteiger partial charge is 0.416 e. The molecule has 0 radical (unpaired) electrons. The number of benzene rings is 1. The summed E-state index contributed by atoms with van der Waals surface area (Å²) >= 11 is 0. The Morgan fingerprint density at radius 3 is 2.32 bits per heavy atom. The highest BCUT2D eigenvalue weighted by molar-refractivity contribution is 5.97. The first-order valence-electron chi connectivity index (χ1n) is 8.81. The van der Waals surface area contributed by atoms with Gasteiger partial charge in [0.2, 0.25) is 5.91 Å². The van der Waals surface area contributed by atoms with Crippen LogP contribution < -0.4 is 10.6 Å². The van der Waals surface area contributed by atoms with Crippen LogP contribution in [0.3, 0.4) is 0 Å². The fraction of sp³-hybridized carbons (Fsp3) is 0.350. The molecule has 1 aromatic carbocycles. The molecule has 0 saturated carbocycles. The lowest BCUT2D eigenvalue weighted by molar-refractivity contribution is -0.137. The first kappa shape index (κ1) is 21.4. The minimum Gasteiger partial charge on any atom is -0.350 e. The van der Waals surface area contributed by atoms with Crippen molar-refractivity contribution >= 4 is 11.8 Å². The molecule has 5 nitrogen and oxygen atoms in total. The quantitative estimate of drug-likeness (QED) is 0.756. The van der Waals surface area contributed by atoms with Gasteiger partial charge in [0.05, 0.1) is 5.56 Å². The van der Waals surface area contributed by atoms with Crippen LogP contribution in [-0.2, 0) is 17.5 Å². The van der Waals surface area contributed by atoms with E-state index in [0.717, 1.165) is 29.8 Å². The van der Waals surface area contributed by atoms with Crippen molar-refractivity contribution in [3.8, 4) is 0 Å². The van der Waals surface area contributed by atoms with Crippen LogP contribution in [0.25, 0.3) is 0 Å². The molecule has 0 aliphatic rings. The molecule has 0 saturated heterocycles. The Hall–Kier alpha value is -2.90. The van der Waals surface area contributed by atoms with Gasteiger partial charge in [-0.25, -0.2) is 0 Å². The second kappa shape index (κ2) is 9.34. The number of nitrogens with zero attached hydrogens (tertiary/aromatic N) is 1. The fourth-order valence-corrected chi connectivity index (χ4v) is 2.57. The highest BCUT2D eigenvalue weighted by Crippen LogP contribution is 2.29. The normalized spacial score (nSPS) is 12.5. The third-order valence-electron chi connectivity index (χ3n) is 3.99. The van der Waals surface area contributed by atoms with Gasteiger partial charge in [-0.3, -0.25) is 14.6 Å². The molecule has 0 spiro atoms. The van der Waals surface area contributed by atoms with Crippen LogP contribution >= 0.6 is 0 Å². The molecule has 8 heteroatoms. The molecule has 150 valence electrons. The summed E-state index contributed by atoms with van der Waals surface area (Å²) in [6, 6.07) is 6.64. The second-order valence-electron chi connectivity index (χ2n) is 6.81. The number of aromatic nitrogens is 1. The molecule has 1 heterocycles. The lowest BCUT2D eigenvalue weighted by Gasteiger charge is -2.20. The zero-order valence-electron chi connectivity index (χ0n) is 15.6. The summed E-state index contributed by atoms with van der Waals surface area (Å²) in [6.45, 7) is 4.08. The molecule has 0 aliphatic carbocycles. The Kier molecular flexibility index (Phi) is 7.14. The van der Waals surface area contributed by atoms with Crippen molar-refractivity contribution in [2.75, 3.05) is 0 Å². The van der Waals surface area contributed by atoms with Gasteiger partial charge in [-0.2, -0.15) is 13.2 Å². The highest BCUT2D eigenvalue weighted by atomic mass is 19.4. The standard InChI is InChI=1S/C20H22F3N3O2/c1-13(2)10-17(19(28)25-12-14-4-3-9-24-11-14)26-18(27)15-5-7-16(8-6-15)20(21,22)23/h3-9,11,13,17H,10,12H2,1-2H3,(H,25,28)(H,26,27)/t17-/m0/s1. The van der Waals surface area contributed by atoms with E-state index in [9.17, 15) is 22.8 Å². The Morgan fingerprint density at radius 2 is 1.79 bits per heavy atom. The number of rotatable bonds is 7. The maximum Gasteiger partial charge on any atom is 0.416 e. The van der Waals surface area contributed by atoms with E-state index in [1.807, 2.05) is 19.9 Å². The fourth-order valence-electron chi connectivity index (χ4n) is 2.57. The Morgan fingerprint density at radius 1 is 1.11 bits per heavy atom. The molecule has 2 aromatic rings. The van der Waals surface area contributed by atoms with Gasteiger partial charge in [-0.1, -0.05) is 19.9 Å². The van der Waals surface area contributed by atoms with E-state index in [2.05, 4.69) is 15.6 Å². The Bertz CT molecular complexity index is 791. The number of hydrogen-bond donors (Lipinski definition) is 2. The van der Waals surface area contributed by atoms with Crippen molar-refractivity contribution in [2.45, 2.75) is 39.0 Å². The first-order valence-corrected chi connectivity index (χ1v) is 8.81. The predicted octanol–water partition coefficient (Wildman–Crippen LogP) is 3.56. The number of halogens is 3. The van der Waals surface area contributed by atoms with Crippen LogP contribution in [-0.4, -0.2) is 22.8 Å². The van der Waals surface area contributed by atoms with Gasteiger partial charge in [0.1, 0.15) is 6.04 Å². The summed E-state index contributed by atoms with van der Waals surface area (Å²) in [5.41, 5.74) is 0.0343. The molecule has 0 unspecified atom stereocenters. The van der Waals surface area contributed by atoms with Gasteiger partial charge in [0, 0.05) is 24.5 Å². The molecule has 2 N–H and O–H groups in total. The van der Waals surface area contributed by atoms with Gasteiger partial charge < -0.3 is 10.6 Å². The van der Waals surface area contributed by atoms with E-state index >= 15 is 0 Å². The zero-order valence-corrected chi connectivity index (χ0v) is 15.6. The van der Waals surface area contributed by atoms with E-state index in [-0.39, 0.29) is 23.9 Å². The average Bonchev–Trinajstić information content (AvgIpc) is 2.65. The van der Waals surface area contributed by atoms with Crippen molar-refractivity contribution < 1.29 is 22.8 Å². The van der Waals surface area contributed by atoms with E-state index in [1.54, 1.807) is 18.5 Å². The van der Waals surface area contributed by atoms with Crippen molar-refractivity contribution in [1.82, 2.24) is 15.6 Å². The average molecular weight is 393 g/mol.